The van der Waals surface area contributed by atoms with Crippen LogP contribution in [0.4, 0.5) is 0 Å². The van der Waals surface area contributed by atoms with Crippen molar-refractivity contribution in [2.24, 2.45) is 0 Å². The molecule has 0 bridgehead atoms. The summed E-state index contributed by atoms with van der Waals surface area (Å²) in [6.45, 7) is 4.83. The van der Waals surface area contributed by atoms with Gasteiger partial charge in [-0.3, -0.25) is 0 Å². The molecule has 4 rings (SSSR count). The van der Waals surface area contributed by atoms with E-state index in [1.807, 2.05) is 24.3 Å². The van der Waals surface area contributed by atoms with Crippen LogP contribution in [-0.4, -0.2) is 36.6 Å². The van der Waals surface area contributed by atoms with Gasteiger partial charge in [-0.05, 0) is 47.5 Å². The molecule has 0 heterocycles. The van der Waals surface area contributed by atoms with Crippen molar-refractivity contribution in [3.8, 4) is 11.5 Å². The molecule has 192 valence electrons. The van der Waals surface area contributed by atoms with Gasteiger partial charge in [0.05, 0.1) is 13.2 Å². The fraction of sp³-hybridized carbons (Fsp3) is 0.250. The lowest BCUT2D eigenvalue weighted by molar-refractivity contribution is 0.200. The first kappa shape index (κ1) is 26.8. The number of hydrogen-bond acceptors (Lipinski definition) is 5. The highest BCUT2D eigenvalue weighted by Crippen LogP contribution is 2.40. The summed E-state index contributed by atoms with van der Waals surface area (Å²) in [6.07, 6.45) is 0. The van der Waals surface area contributed by atoms with Gasteiger partial charge < -0.3 is 19.7 Å². The zero-order valence-corrected chi connectivity index (χ0v) is 22.2. The van der Waals surface area contributed by atoms with Gasteiger partial charge >= 0.3 is 0 Å². The quantitative estimate of drug-likeness (QED) is 0.216. The number of rotatable bonds is 12. The van der Waals surface area contributed by atoms with Crippen LogP contribution in [0.2, 0.25) is 0 Å². The SMILES string of the molecule is CC(c1ccccc1)c1cc(Sc2ccc(OCCO)c(C(C)c3ccccc3)c2)ccc1OCCO. The first-order valence-electron chi connectivity index (χ1n) is 12.6. The van der Waals surface area contributed by atoms with Crippen LogP contribution in [-0.2, 0) is 0 Å². The molecule has 0 saturated heterocycles. The summed E-state index contributed by atoms with van der Waals surface area (Å²) in [5.41, 5.74) is 4.60. The van der Waals surface area contributed by atoms with Crippen LogP contribution in [0.25, 0.3) is 0 Å². The molecule has 0 radical (unpaired) electrons. The Morgan fingerprint density at radius 3 is 1.38 bits per heavy atom. The van der Waals surface area contributed by atoms with E-state index in [0.29, 0.717) is 0 Å². The van der Waals surface area contributed by atoms with Crippen LogP contribution >= 0.6 is 11.8 Å². The predicted molar refractivity (Wildman–Crippen MR) is 150 cm³/mol. The van der Waals surface area contributed by atoms with Gasteiger partial charge in [0.25, 0.3) is 0 Å². The largest absolute Gasteiger partial charge is 0.491 e. The molecule has 4 nitrogen and oxygen atoms in total. The highest BCUT2D eigenvalue weighted by Gasteiger charge is 2.18. The van der Waals surface area contributed by atoms with Crippen molar-refractivity contribution in [1.82, 2.24) is 0 Å². The van der Waals surface area contributed by atoms with Crippen molar-refractivity contribution in [3.05, 3.63) is 119 Å². The molecular formula is C32H34O4S. The fourth-order valence-electron chi connectivity index (χ4n) is 4.41. The van der Waals surface area contributed by atoms with Crippen LogP contribution in [0.15, 0.2) is 107 Å². The number of aliphatic hydroxyl groups excluding tert-OH is 2. The average molecular weight is 515 g/mol. The molecule has 0 spiro atoms. The second-order valence-electron chi connectivity index (χ2n) is 8.91. The standard InChI is InChI=1S/C32H34O4S/c1-23(25-9-5-3-6-10-25)29-21-27(13-15-31(29)35-19-17-33)37-28-14-16-32(36-20-18-34)30(22-28)24(2)26-11-7-4-8-12-26/h3-16,21-24,33-34H,17-20H2,1-2H3. The second-order valence-corrected chi connectivity index (χ2v) is 10.1. The maximum Gasteiger partial charge on any atom is 0.123 e. The normalized spacial score (nSPS) is 12.6. The summed E-state index contributed by atoms with van der Waals surface area (Å²) in [6, 6.07) is 33.3. The van der Waals surface area contributed by atoms with Gasteiger partial charge in [-0.15, -0.1) is 0 Å². The molecule has 0 aromatic heterocycles. The van der Waals surface area contributed by atoms with Gasteiger partial charge in [-0.1, -0.05) is 86.3 Å². The summed E-state index contributed by atoms with van der Waals surface area (Å²) in [7, 11) is 0. The summed E-state index contributed by atoms with van der Waals surface area (Å²) in [5.74, 6) is 1.86. The molecule has 2 unspecified atom stereocenters. The Bertz CT molecular complexity index is 1160. The van der Waals surface area contributed by atoms with E-state index in [4.69, 9.17) is 9.47 Å². The number of hydrogen-bond donors (Lipinski definition) is 2. The molecule has 4 aromatic rings. The second kappa shape index (κ2) is 13.3. The predicted octanol–water partition coefficient (Wildman–Crippen LogP) is 6.88. The highest BCUT2D eigenvalue weighted by atomic mass is 32.2. The van der Waals surface area contributed by atoms with Crippen molar-refractivity contribution in [3.63, 3.8) is 0 Å². The fourth-order valence-corrected chi connectivity index (χ4v) is 5.33. The summed E-state index contributed by atoms with van der Waals surface area (Å²) < 4.78 is 11.8. The monoisotopic (exact) mass is 514 g/mol. The summed E-state index contributed by atoms with van der Waals surface area (Å²) in [4.78, 5) is 2.22. The van der Waals surface area contributed by atoms with Gasteiger partial charge in [0.2, 0.25) is 0 Å². The van der Waals surface area contributed by atoms with Crippen LogP contribution in [0.1, 0.15) is 47.9 Å². The van der Waals surface area contributed by atoms with Gasteiger partial charge in [0.1, 0.15) is 24.7 Å². The minimum absolute atomic E-state index is 0.0251. The zero-order chi connectivity index (χ0) is 26.0. The maximum absolute atomic E-state index is 9.30. The lowest BCUT2D eigenvalue weighted by atomic mass is 9.92. The lowest BCUT2D eigenvalue weighted by Gasteiger charge is -2.20. The van der Waals surface area contributed by atoms with E-state index in [-0.39, 0.29) is 38.3 Å². The molecule has 0 amide bonds. The number of ether oxygens (including phenoxy) is 2. The summed E-state index contributed by atoms with van der Waals surface area (Å²) >= 11 is 1.70. The first-order chi connectivity index (χ1) is 18.1. The van der Waals surface area contributed by atoms with E-state index >= 15 is 0 Å². The van der Waals surface area contributed by atoms with E-state index in [0.717, 1.165) is 32.4 Å². The van der Waals surface area contributed by atoms with Crippen LogP contribution in [0, 0.1) is 0 Å². The molecule has 0 aliphatic rings. The minimum Gasteiger partial charge on any atom is -0.491 e. The highest BCUT2D eigenvalue weighted by molar-refractivity contribution is 7.99. The lowest BCUT2D eigenvalue weighted by Crippen LogP contribution is -2.06. The summed E-state index contributed by atoms with van der Waals surface area (Å²) in [5, 5.41) is 18.6. The van der Waals surface area contributed by atoms with Gasteiger partial charge in [-0.2, -0.15) is 0 Å². The molecule has 0 aliphatic heterocycles. The molecule has 0 fully saturated rings. The van der Waals surface area contributed by atoms with Gasteiger partial charge in [0.15, 0.2) is 0 Å². The molecule has 5 heteroatoms. The Morgan fingerprint density at radius 2 is 1.00 bits per heavy atom. The van der Waals surface area contributed by atoms with Crippen molar-refractivity contribution in [2.75, 3.05) is 26.4 Å². The first-order valence-corrected chi connectivity index (χ1v) is 13.4. The Hall–Kier alpha value is -3.25. The Balaban J connectivity index is 1.66. The van der Waals surface area contributed by atoms with E-state index in [2.05, 4.69) is 86.6 Å². The number of aliphatic hydroxyl groups is 2. The molecule has 0 aliphatic carbocycles. The van der Waals surface area contributed by atoms with Gasteiger partial charge in [-0.25, -0.2) is 0 Å². The molecule has 37 heavy (non-hydrogen) atoms. The maximum atomic E-state index is 9.30. The van der Waals surface area contributed by atoms with Crippen molar-refractivity contribution >= 4 is 11.8 Å². The van der Waals surface area contributed by atoms with Crippen molar-refractivity contribution in [1.29, 1.82) is 0 Å². The number of benzene rings is 4. The van der Waals surface area contributed by atoms with Crippen LogP contribution in [0.3, 0.4) is 0 Å². The van der Waals surface area contributed by atoms with Crippen molar-refractivity contribution < 1.29 is 19.7 Å². The average Bonchev–Trinajstić information content (AvgIpc) is 2.96. The molecule has 4 aromatic carbocycles. The third-order valence-corrected chi connectivity index (χ3v) is 7.41. The van der Waals surface area contributed by atoms with Crippen molar-refractivity contribution in [2.45, 2.75) is 35.5 Å². The van der Waals surface area contributed by atoms with E-state index in [1.54, 1.807) is 11.8 Å². The molecule has 0 saturated carbocycles. The third-order valence-electron chi connectivity index (χ3n) is 6.43. The van der Waals surface area contributed by atoms with E-state index < -0.39 is 0 Å². The van der Waals surface area contributed by atoms with Gasteiger partial charge in [0, 0.05) is 32.8 Å². The minimum atomic E-state index is -0.0251. The molecule has 2 N–H and O–H groups in total. The Morgan fingerprint density at radius 1 is 0.595 bits per heavy atom. The Kier molecular flexibility index (Phi) is 9.66. The molecule has 2 atom stereocenters. The molecular weight excluding hydrogens is 480 g/mol. The topological polar surface area (TPSA) is 58.9 Å². The van der Waals surface area contributed by atoms with Crippen LogP contribution < -0.4 is 9.47 Å². The Labute approximate surface area is 223 Å². The zero-order valence-electron chi connectivity index (χ0n) is 21.3. The van der Waals surface area contributed by atoms with Crippen LogP contribution in [0.5, 0.6) is 11.5 Å². The van der Waals surface area contributed by atoms with E-state index in [9.17, 15) is 10.2 Å². The third kappa shape index (κ3) is 6.95. The van der Waals surface area contributed by atoms with E-state index in [1.165, 1.54) is 11.1 Å². The smallest absolute Gasteiger partial charge is 0.123 e.